The van der Waals surface area contributed by atoms with Crippen molar-refractivity contribution >= 4 is 0 Å². The summed E-state index contributed by atoms with van der Waals surface area (Å²) < 4.78 is 6.86. The smallest absolute Gasteiger partial charge is 0.218 e. The van der Waals surface area contributed by atoms with E-state index in [1.54, 1.807) is 18.0 Å². The van der Waals surface area contributed by atoms with Crippen molar-refractivity contribution < 1.29 is 9.84 Å². The quantitative estimate of drug-likeness (QED) is 0.803. The summed E-state index contributed by atoms with van der Waals surface area (Å²) in [4.78, 5) is 4.11. The summed E-state index contributed by atoms with van der Waals surface area (Å²) in [5.74, 6) is 0.590. The van der Waals surface area contributed by atoms with Crippen LogP contribution in [0.4, 0.5) is 0 Å². The zero-order valence-corrected chi connectivity index (χ0v) is 9.58. The van der Waals surface area contributed by atoms with Crippen LogP contribution in [-0.2, 0) is 13.0 Å². The van der Waals surface area contributed by atoms with Crippen LogP contribution in [0.15, 0.2) is 24.5 Å². The molecule has 1 N–H and O–H groups in total. The van der Waals surface area contributed by atoms with Crippen molar-refractivity contribution in [1.82, 2.24) is 20.0 Å². The fourth-order valence-corrected chi connectivity index (χ4v) is 1.55. The van der Waals surface area contributed by atoms with Gasteiger partial charge in [-0.25, -0.2) is 9.67 Å². The number of ether oxygens (including phenoxy) is 1. The summed E-state index contributed by atoms with van der Waals surface area (Å²) in [6, 6.07) is 3.78. The van der Waals surface area contributed by atoms with E-state index in [4.69, 9.17) is 9.84 Å². The van der Waals surface area contributed by atoms with Gasteiger partial charge in [-0.15, -0.1) is 5.10 Å². The van der Waals surface area contributed by atoms with Crippen LogP contribution >= 0.6 is 0 Å². The molecular weight excluding hydrogens is 220 g/mol. The fourth-order valence-electron chi connectivity index (χ4n) is 1.55. The average Bonchev–Trinajstić information content (AvgIpc) is 2.78. The van der Waals surface area contributed by atoms with Gasteiger partial charge in [0.2, 0.25) is 5.88 Å². The Kier molecular flexibility index (Phi) is 3.66. The van der Waals surface area contributed by atoms with E-state index in [1.165, 1.54) is 0 Å². The first-order valence-corrected chi connectivity index (χ1v) is 5.31. The normalized spacial score (nSPS) is 10.5. The maximum Gasteiger partial charge on any atom is 0.218 e. The monoisotopic (exact) mass is 234 g/mol. The molecule has 90 valence electrons. The Morgan fingerprint density at radius 3 is 3.12 bits per heavy atom. The van der Waals surface area contributed by atoms with E-state index in [2.05, 4.69) is 15.3 Å². The van der Waals surface area contributed by atoms with Crippen LogP contribution in [0.25, 0.3) is 0 Å². The lowest BCUT2D eigenvalue weighted by molar-refractivity contribution is 0.298. The molecule has 0 fully saturated rings. The van der Waals surface area contributed by atoms with Crippen molar-refractivity contribution in [3.8, 4) is 5.88 Å². The van der Waals surface area contributed by atoms with Gasteiger partial charge in [-0.3, -0.25) is 0 Å². The molecule has 2 aromatic rings. The third kappa shape index (κ3) is 2.79. The molecule has 17 heavy (non-hydrogen) atoms. The SMILES string of the molecule is COc1ncccc1Cn1cc(CCO)nn1. The van der Waals surface area contributed by atoms with Crippen LogP contribution in [-0.4, -0.2) is 38.8 Å². The van der Waals surface area contributed by atoms with Gasteiger partial charge in [-0.1, -0.05) is 11.3 Å². The molecule has 0 aliphatic carbocycles. The second-order valence-electron chi connectivity index (χ2n) is 3.55. The first-order valence-electron chi connectivity index (χ1n) is 5.31. The standard InChI is InChI=1S/C11H14N4O2/c1-17-11-9(3-2-5-12-11)7-15-8-10(4-6-16)13-14-15/h2-3,5,8,16H,4,6-7H2,1H3. The highest BCUT2D eigenvalue weighted by atomic mass is 16.5. The predicted octanol–water partition coefficient (Wildman–Crippen LogP) is 0.265. The number of aliphatic hydroxyl groups is 1. The maximum atomic E-state index is 8.79. The van der Waals surface area contributed by atoms with E-state index in [0.717, 1.165) is 11.3 Å². The van der Waals surface area contributed by atoms with Crippen molar-refractivity contribution in [3.63, 3.8) is 0 Å². The predicted molar refractivity (Wildman–Crippen MR) is 60.7 cm³/mol. The molecule has 0 saturated carbocycles. The second-order valence-corrected chi connectivity index (χ2v) is 3.55. The number of pyridine rings is 1. The lowest BCUT2D eigenvalue weighted by atomic mass is 10.2. The molecule has 0 atom stereocenters. The zero-order valence-electron chi connectivity index (χ0n) is 9.58. The van der Waals surface area contributed by atoms with Crippen LogP contribution in [0.3, 0.4) is 0 Å². The summed E-state index contributed by atoms with van der Waals surface area (Å²) >= 11 is 0. The zero-order chi connectivity index (χ0) is 12.1. The summed E-state index contributed by atoms with van der Waals surface area (Å²) in [7, 11) is 1.59. The highest BCUT2D eigenvalue weighted by Crippen LogP contribution is 2.14. The molecule has 6 nitrogen and oxygen atoms in total. The third-order valence-corrected chi connectivity index (χ3v) is 2.33. The van der Waals surface area contributed by atoms with Crippen LogP contribution in [0.2, 0.25) is 0 Å². The number of aromatic nitrogens is 4. The van der Waals surface area contributed by atoms with Gasteiger partial charge in [0, 0.05) is 31.0 Å². The average molecular weight is 234 g/mol. The number of hydrogen-bond donors (Lipinski definition) is 1. The third-order valence-electron chi connectivity index (χ3n) is 2.33. The topological polar surface area (TPSA) is 73.1 Å². The lowest BCUT2D eigenvalue weighted by Crippen LogP contribution is -2.03. The summed E-state index contributed by atoms with van der Waals surface area (Å²) in [5.41, 5.74) is 1.71. The number of aliphatic hydroxyl groups excluding tert-OH is 1. The second kappa shape index (κ2) is 5.40. The summed E-state index contributed by atoms with van der Waals surface area (Å²) in [5, 5.41) is 16.7. The minimum absolute atomic E-state index is 0.0783. The van der Waals surface area contributed by atoms with Crippen molar-refractivity contribution in [2.24, 2.45) is 0 Å². The molecular formula is C11H14N4O2. The molecule has 0 aromatic carbocycles. The molecule has 0 saturated heterocycles. The largest absolute Gasteiger partial charge is 0.481 e. The van der Waals surface area contributed by atoms with Crippen molar-refractivity contribution in [1.29, 1.82) is 0 Å². The minimum Gasteiger partial charge on any atom is -0.481 e. The highest BCUT2D eigenvalue weighted by molar-refractivity contribution is 5.25. The van der Waals surface area contributed by atoms with E-state index < -0.39 is 0 Å². The number of nitrogens with zero attached hydrogens (tertiary/aromatic N) is 4. The first-order chi connectivity index (χ1) is 8.33. The fraction of sp³-hybridized carbons (Fsp3) is 0.364. The highest BCUT2D eigenvalue weighted by Gasteiger charge is 2.06. The minimum atomic E-state index is 0.0783. The Labute approximate surface area is 98.9 Å². The Morgan fingerprint density at radius 1 is 1.47 bits per heavy atom. The Hall–Kier alpha value is -1.95. The van der Waals surface area contributed by atoms with Crippen LogP contribution in [0.1, 0.15) is 11.3 Å². The molecule has 6 heteroatoms. The molecule has 2 heterocycles. The van der Waals surface area contributed by atoms with E-state index in [-0.39, 0.29) is 6.61 Å². The van der Waals surface area contributed by atoms with Crippen molar-refractivity contribution in [2.75, 3.05) is 13.7 Å². The van der Waals surface area contributed by atoms with Gasteiger partial charge in [0.25, 0.3) is 0 Å². The molecule has 2 aromatic heterocycles. The summed E-state index contributed by atoms with van der Waals surface area (Å²) in [6.07, 6.45) is 4.01. The number of methoxy groups -OCH3 is 1. The molecule has 2 rings (SSSR count). The first kappa shape index (κ1) is 11.5. The molecule has 0 aliphatic heterocycles. The number of hydrogen-bond acceptors (Lipinski definition) is 5. The lowest BCUT2D eigenvalue weighted by Gasteiger charge is -2.05. The van der Waals surface area contributed by atoms with Gasteiger partial charge in [-0.2, -0.15) is 0 Å². The number of rotatable bonds is 5. The van der Waals surface area contributed by atoms with E-state index in [1.807, 2.05) is 18.3 Å². The Morgan fingerprint density at radius 2 is 2.35 bits per heavy atom. The van der Waals surface area contributed by atoms with Crippen LogP contribution < -0.4 is 4.74 Å². The molecule has 0 radical (unpaired) electrons. The van der Waals surface area contributed by atoms with Gasteiger partial charge >= 0.3 is 0 Å². The van der Waals surface area contributed by atoms with Crippen LogP contribution in [0.5, 0.6) is 5.88 Å². The van der Waals surface area contributed by atoms with E-state index >= 15 is 0 Å². The van der Waals surface area contributed by atoms with Crippen LogP contribution in [0, 0.1) is 0 Å². The molecule has 0 spiro atoms. The molecule has 0 amide bonds. The van der Waals surface area contributed by atoms with E-state index in [0.29, 0.717) is 18.8 Å². The van der Waals surface area contributed by atoms with Gasteiger partial charge < -0.3 is 9.84 Å². The Balaban J connectivity index is 2.13. The molecule has 0 bridgehead atoms. The van der Waals surface area contributed by atoms with E-state index in [9.17, 15) is 0 Å². The van der Waals surface area contributed by atoms with Gasteiger partial charge in [-0.05, 0) is 6.07 Å². The van der Waals surface area contributed by atoms with Crippen molar-refractivity contribution in [3.05, 3.63) is 35.8 Å². The summed E-state index contributed by atoms with van der Waals surface area (Å²) in [6.45, 7) is 0.629. The van der Waals surface area contributed by atoms with Gasteiger partial charge in [0.15, 0.2) is 0 Å². The Bertz CT molecular complexity index is 484. The van der Waals surface area contributed by atoms with Gasteiger partial charge in [0.1, 0.15) is 0 Å². The van der Waals surface area contributed by atoms with Gasteiger partial charge in [0.05, 0.1) is 19.3 Å². The molecule has 0 unspecified atom stereocenters. The van der Waals surface area contributed by atoms with Crippen molar-refractivity contribution in [2.45, 2.75) is 13.0 Å². The maximum absolute atomic E-state index is 8.79. The molecule has 0 aliphatic rings.